The monoisotopic (exact) mass is 298 g/mol. The number of rotatable bonds is 7. The maximum Gasteiger partial charge on any atom is 0.159 e. The fourth-order valence-corrected chi connectivity index (χ4v) is 2.92. The topological polar surface area (TPSA) is 26.3 Å². The number of ketones is 1. The zero-order valence-electron chi connectivity index (χ0n) is 13.9. The van der Waals surface area contributed by atoms with Crippen LogP contribution in [0.25, 0.3) is 0 Å². The van der Waals surface area contributed by atoms with Crippen molar-refractivity contribution in [3.05, 3.63) is 53.1 Å². The lowest BCUT2D eigenvalue weighted by Gasteiger charge is -2.10. The highest BCUT2D eigenvalue weighted by molar-refractivity contribution is 5.98. The summed E-state index contributed by atoms with van der Waals surface area (Å²) in [6.07, 6.45) is 9.00. The molecule has 0 heterocycles. The van der Waals surface area contributed by atoms with Crippen LogP contribution in [0.2, 0.25) is 0 Å². The number of benzene rings is 1. The molecular formula is C20H26O2. The van der Waals surface area contributed by atoms with Crippen molar-refractivity contribution in [2.75, 3.05) is 7.11 Å². The summed E-state index contributed by atoms with van der Waals surface area (Å²) < 4.78 is 5.27. The minimum absolute atomic E-state index is 0.357. The Labute approximate surface area is 133 Å². The van der Waals surface area contributed by atoms with Gasteiger partial charge < -0.3 is 4.74 Å². The van der Waals surface area contributed by atoms with Gasteiger partial charge in [-0.1, -0.05) is 36.8 Å². The molecule has 1 aliphatic carbocycles. The fraction of sp³-hybridized carbons (Fsp3) is 0.450. The van der Waals surface area contributed by atoms with Gasteiger partial charge in [-0.05, 0) is 61.8 Å². The first kappa shape index (κ1) is 16.5. The molecule has 0 aliphatic heterocycles. The maximum absolute atomic E-state index is 11.7. The van der Waals surface area contributed by atoms with Gasteiger partial charge in [-0.2, -0.15) is 0 Å². The van der Waals surface area contributed by atoms with Gasteiger partial charge in [0.25, 0.3) is 0 Å². The van der Waals surface area contributed by atoms with Crippen molar-refractivity contribution in [3.8, 4) is 5.75 Å². The van der Waals surface area contributed by atoms with Gasteiger partial charge in [0, 0.05) is 6.42 Å². The summed E-state index contributed by atoms with van der Waals surface area (Å²) in [5.74, 6) is 1.74. The van der Waals surface area contributed by atoms with E-state index in [4.69, 9.17) is 4.74 Å². The van der Waals surface area contributed by atoms with Crippen molar-refractivity contribution < 1.29 is 9.53 Å². The van der Waals surface area contributed by atoms with Crippen molar-refractivity contribution in [1.29, 1.82) is 0 Å². The third kappa shape index (κ3) is 4.33. The molecule has 1 aromatic rings. The van der Waals surface area contributed by atoms with Gasteiger partial charge in [0.1, 0.15) is 5.75 Å². The molecule has 0 aromatic heterocycles. The second kappa shape index (κ2) is 7.98. The van der Waals surface area contributed by atoms with Crippen molar-refractivity contribution >= 4 is 5.78 Å². The van der Waals surface area contributed by atoms with E-state index in [1.165, 1.54) is 11.1 Å². The molecule has 1 unspecified atom stereocenters. The molecule has 0 bridgehead atoms. The highest BCUT2D eigenvalue weighted by Gasteiger charge is 2.18. The van der Waals surface area contributed by atoms with Crippen LogP contribution in [0.1, 0.15) is 57.4 Å². The molecule has 2 nitrogen and oxygen atoms in total. The molecule has 118 valence electrons. The van der Waals surface area contributed by atoms with E-state index in [1.807, 2.05) is 12.1 Å². The number of ether oxygens (including phenoxy) is 1. The van der Waals surface area contributed by atoms with Gasteiger partial charge in [-0.25, -0.2) is 0 Å². The second-order valence-electron chi connectivity index (χ2n) is 6.11. The van der Waals surface area contributed by atoms with Gasteiger partial charge in [0.15, 0.2) is 5.78 Å². The van der Waals surface area contributed by atoms with Crippen LogP contribution < -0.4 is 4.74 Å². The lowest BCUT2D eigenvalue weighted by Crippen LogP contribution is -1.95. The maximum atomic E-state index is 11.7. The van der Waals surface area contributed by atoms with E-state index in [0.717, 1.165) is 43.4 Å². The van der Waals surface area contributed by atoms with Crippen LogP contribution in [-0.4, -0.2) is 12.9 Å². The van der Waals surface area contributed by atoms with Crippen LogP contribution in [-0.2, 0) is 4.79 Å². The number of Topliss-reactive ketones (excluding diaryl/α,β-unsaturated/α-hetero) is 1. The Morgan fingerprint density at radius 1 is 1.27 bits per heavy atom. The normalized spacial score (nSPS) is 16.6. The van der Waals surface area contributed by atoms with Crippen molar-refractivity contribution in [3.63, 3.8) is 0 Å². The fourth-order valence-electron chi connectivity index (χ4n) is 2.92. The average molecular weight is 298 g/mol. The highest BCUT2D eigenvalue weighted by atomic mass is 16.5. The number of carbonyl (C=O) groups is 1. The van der Waals surface area contributed by atoms with Crippen LogP contribution in [0.4, 0.5) is 0 Å². The van der Waals surface area contributed by atoms with Crippen molar-refractivity contribution in [1.82, 2.24) is 0 Å². The van der Waals surface area contributed by atoms with Crippen LogP contribution in [0.5, 0.6) is 5.75 Å². The number of hydrogen-bond donors (Lipinski definition) is 0. The Morgan fingerprint density at radius 2 is 2.09 bits per heavy atom. The number of hydrogen-bond acceptors (Lipinski definition) is 2. The Bertz CT molecular complexity index is 581. The van der Waals surface area contributed by atoms with Crippen LogP contribution in [0.3, 0.4) is 0 Å². The Morgan fingerprint density at radius 3 is 2.77 bits per heavy atom. The highest BCUT2D eigenvalue weighted by Crippen LogP contribution is 2.26. The van der Waals surface area contributed by atoms with Crippen molar-refractivity contribution in [2.45, 2.75) is 51.9 Å². The Balaban J connectivity index is 1.79. The van der Waals surface area contributed by atoms with E-state index in [9.17, 15) is 4.79 Å². The SMILES string of the molecule is COc1cccc(C(C)C/C=C/CCC2=C(C)CCC2=O)c1. The van der Waals surface area contributed by atoms with Gasteiger partial charge in [0.05, 0.1) is 7.11 Å². The molecule has 1 aromatic carbocycles. The minimum Gasteiger partial charge on any atom is -0.497 e. The molecule has 2 rings (SSSR count). The third-order valence-electron chi connectivity index (χ3n) is 4.46. The van der Waals surface area contributed by atoms with E-state index in [-0.39, 0.29) is 0 Å². The number of carbonyl (C=O) groups excluding carboxylic acids is 1. The predicted octanol–water partition coefficient (Wildman–Crippen LogP) is 5.20. The number of methoxy groups -OCH3 is 1. The molecule has 0 N–H and O–H groups in total. The molecule has 0 saturated heterocycles. The molecule has 0 spiro atoms. The first-order chi connectivity index (χ1) is 10.6. The Hall–Kier alpha value is -1.83. The molecule has 0 radical (unpaired) electrons. The summed E-state index contributed by atoms with van der Waals surface area (Å²) in [4.78, 5) is 11.7. The standard InChI is InChI=1S/C20H26O2/c1-15(17-9-7-10-18(14-17)22-3)8-5-4-6-11-19-16(2)12-13-20(19)21/h4-5,7,9-10,14-15H,6,8,11-13H2,1-3H3/b5-4+. The second-order valence-corrected chi connectivity index (χ2v) is 6.11. The van der Waals surface area contributed by atoms with Gasteiger partial charge in [-0.3, -0.25) is 4.79 Å². The molecular weight excluding hydrogens is 272 g/mol. The predicted molar refractivity (Wildman–Crippen MR) is 91.3 cm³/mol. The summed E-state index contributed by atoms with van der Waals surface area (Å²) in [5.41, 5.74) is 3.67. The lowest BCUT2D eigenvalue weighted by atomic mass is 9.97. The zero-order chi connectivity index (χ0) is 15.9. The van der Waals surface area contributed by atoms with E-state index < -0.39 is 0 Å². The summed E-state index contributed by atoms with van der Waals surface area (Å²) in [6.45, 7) is 4.32. The average Bonchev–Trinajstić information content (AvgIpc) is 2.86. The molecule has 0 amide bonds. The molecule has 1 atom stereocenters. The van der Waals surface area contributed by atoms with Crippen molar-refractivity contribution in [2.24, 2.45) is 0 Å². The van der Waals surface area contributed by atoms with E-state index in [1.54, 1.807) is 7.11 Å². The van der Waals surface area contributed by atoms with Crippen LogP contribution >= 0.6 is 0 Å². The number of allylic oxidation sites excluding steroid dienone is 4. The molecule has 0 saturated carbocycles. The minimum atomic E-state index is 0.357. The molecule has 0 fully saturated rings. The summed E-state index contributed by atoms with van der Waals surface area (Å²) >= 11 is 0. The van der Waals surface area contributed by atoms with E-state index >= 15 is 0 Å². The van der Waals surface area contributed by atoms with Crippen LogP contribution in [0.15, 0.2) is 47.6 Å². The van der Waals surface area contributed by atoms with E-state index in [0.29, 0.717) is 11.7 Å². The summed E-state index contributed by atoms with van der Waals surface area (Å²) in [7, 11) is 1.70. The van der Waals surface area contributed by atoms with Gasteiger partial charge >= 0.3 is 0 Å². The third-order valence-corrected chi connectivity index (χ3v) is 4.46. The molecule has 22 heavy (non-hydrogen) atoms. The summed E-state index contributed by atoms with van der Waals surface area (Å²) in [6, 6.07) is 8.26. The lowest BCUT2D eigenvalue weighted by molar-refractivity contribution is -0.115. The van der Waals surface area contributed by atoms with Gasteiger partial charge in [0.2, 0.25) is 0 Å². The first-order valence-electron chi connectivity index (χ1n) is 8.12. The quantitative estimate of drug-likeness (QED) is 0.646. The first-order valence-corrected chi connectivity index (χ1v) is 8.12. The smallest absolute Gasteiger partial charge is 0.159 e. The largest absolute Gasteiger partial charge is 0.497 e. The van der Waals surface area contributed by atoms with E-state index in [2.05, 4.69) is 38.1 Å². The summed E-state index contributed by atoms with van der Waals surface area (Å²) in [5, 5.41) is 0. The zero-order valence-corrected chi connectivity index (χ0v) is 13.9. The Kier molecular flexibility index (Phi) is 6.00. The molecule has 1 aliphatic rings. The van der Waals surface area contributed by atoms with Crippen LogP contribution in [0, 0.1) is 0 Å². The van der Waals surface area contributed by atoms with Gasteiger partial charge in [-0.15, -0.1) is 0 Å². The molecule has 2 heteroatoms.